The van der Waals surface area contributed by atoms with E-state index < -0.39 is 0 Å². The Bertz CT molecular complexity index is 658. The molecule has 0 bridgehead atoms. The Morgan fingerprint density at radius 2 is 1.90 bits per heavy atom. The third-order valence-electron chi connectivity index (χ3n) is 3.71. The van der Waals surface area contributed by atoms with E-state index in [0.717, 1.165) is 16.5 Å². The van der Waals surface area contributed by atoms with Gasteiger partial charge in [0.05, 0.1) is 0 Å². The number of carbonyl (C=O) groups is 1. The minimum atomic E-state index is 0.103. The minimum absolute atomic E-state index is 0.103. The molecule has 3 heteroatoms. The fourth-order valence-corrected chi connectivity index (χ4v) is 3.60. The van der Waals surface area contributed by atoms with Gasteiger partial charge in [0.15, 0.2) is 5.78 Å². The third kappa shape index (κ3) is 2.97. The molecule has 0 amide bonds. The Balaban J connectivity index is 1.82. The maximum absolute atomic E-state index is 12.3. The molecular weight excluding hydrogens is 336 g/mol. The van der Waals surface area contributed by atoms with Gasteiger partial charge in [-0.1, -0.05) is 45.7 Å². The molecule has 0 aromatic heterocycles. The molecule has 0 saturated carbocycles. The van der Waals surface area contributed by atoms with E-state index >= 15 is 0 Å². The SMILES string of the molecule is O=C(Cc1ccc2c(c1)CCC2)c1cc(Cl)cc(Br)c1. The van der Waals surface area contributed by atoms with E-state index in [2.05, 4.69) is 34.1 Å². The van der Waals surface area contributed by atoms with Crippen molar-refractivity contribution in [2.75, 3.05) is 0 Å². The zero-order valence-electron chi connectivity index (χ0n) is 11.0. The van der Waals surface area contributed by atoms with Gasteiger partial charge in [0, 0.05) is 21.5 Å². The number of aryl methyl sites for hydroxylation is 2. The molecule has 1 aliphatic carbocycles. The summed E-state index contributed by atoms with van der Waals surface area (Å²) in [5.74, 6) is 0.103. The summed E-state index contributed by atoms with van der Waals surface area (Å²) in [5, 5.41) is 0.580. The van der Waals surface area contributed by atoms with Gasteiger partial charge in [0.1, 0.15) is 0 Å². The second-order valence-corrected chi connectivity index (χ2v) is 6.57. The van der Waals surface area contributed by atoms with Crippen molar-refractivity contribution in [3.8, 4) is 0 Å². The number of fused-ring (bicyclic) bond motifs is 1. The minimum Gasteiger partial charge on any atom is -0.294 e. The van der Waals surface area contributed by atoms with Crippen molar-refractivity contribution in [3.05, 3.63) is 68.1 Å². The first kappa shape index (κ1) is 13.8. The number of carbonyl (C=O) groups excluding carboxylic acids is 1. The Morgan fingerprint density at radius 1 is 1.10 bits per heavy atom. The fourth-order valence-electron chi connectivity index (χ4n) is 2.74. The van der Waals surface area contributed by atoms with Crippen LogP contribution < -0.4 is 0 Å². The lowest BCUT2D eigenvalue weighted by Crippen LogP contribution is -2.04. The van der Waals surface area contributed by atoms with Crippen molar-refractivity contribution >= 4 is 33.3 Å². The summed E-state index contributed by atoms with van der Waals surface area (Å²) in [6.45, 7) is 0. The lowest BCUT2D eigenvalue weighted by Gasteiger charge is -2.06. The van der Waals surface area contributed by atoms with Gasteiger partial charge in [-0.15, -0.1) is 0 Å². The molecule has 3 rings (SSSR count). The van der Waals surface area contributed by atoms with E-state index in [-0.39, 0.29) is 5.78 Å². The van der Waals surface area contributed by atoms with Crippen molar-refractivity contribution in [2.45, 2.75) is 25.7 Å². The Hall–Kier alpha value is -1.12. The molecule has 0 spiro atoms. The lowest BCUT2D eigenvalue weighted by molar-refractivity contribution is 0.0993. The predicted molar refractivity (Wildman–Crippen MR) is 85.7 cm³/mol. The van der Waals surface area contributed by atoms with Gasteiger partial charge >= 0.3 is 0 Å². The van der Waals surface area contributed by atoms with E-state index in [9.17, 15) is 4.79 Å². The normalized spacial score (nSPS) is 13.3. The molecule has 0 radical (unpaired) electrons. The van der Waals surface area contributed by atoms with Crippen LogP contribution in [0.3, 0.4) is 0 Å². The number of ketones is 1. The summed E-state index contributed by atoms with van der Waals surface area (Å²) in [5.41, 5.74) is 4.59. The molecule has 0 aliphatic heterocycles. The van der Waals surface area contributed by atoms with Crippen LogP contribution in [0.15, 0.2) is 40.9 Å². The van der Waals surface area contributed by atoms with E-state index in [1.165, 1.54) is 24.0 Å². The number of benzene rings is 2. The van der Waals surface area contributed by atoms with E-state index in [0.29, 0.717) is 17.0 Å². The average Bonchev–Trinajstić information content (AvgIpc) is 2.85. The van der Waals surface area contributed by atoms with Gasteiger partial charge < -0.3 is 0 Å². The van der Waals surface area contributed by atoms with Gasteiger partial charge in [-0.2, -0.15) is 0 Å². The zero-order chi connectivity index (χ0) is 14.1. The van der Waals surface area contributed by atoms with Crippen LogP contribution in [0.1, 0.15) is 33.5 Å². The molecular formula is C17H14BrClO. The van der Waals surface area contributed by atoms with Crippen LogP contribution in [0.2, 0.25) is 5.02 Å². The topological polar surface area (TPSA) is 17.1 Å². The lowest BCUT2D eigenvalue weighted by atomic mass is 9.99. The van der Waals surface area contributed by atoms with E-state index in [1.54, 1.807) is 12.1 Å². The second-order valence-electron chi connectivity index (χ2n) is 5.21. The van der Waals surface area contributed by atoms with Gasteiger partial charge in [0.2, 0.25) is 0 Å². The van der Waals surface area contributed by atoms with Gasteiger partial charge in [0.25, 0.3) is 0 Å². The summed E-state index contributed by atoms with van der Waals surface area (Å²) in [4.78, 5) is 12.3. The van der Waals surface area contributed by atoms with Crippen LogP contribution in [-0.2, 0) is 19.3 Å². The molecule has 0 fully saturated rings. The van der Waals surface area contributed by atoms with E-state index in [4.69, 9.17) is 11.6 Å². The van der Waals surface area contributed by atoms with Crippen molar-refractivity contribution in [3.63, 3.8) is 0 Å². The maximum atomic E-state index is 12.3. The first-order valence-corrected chi connectivity index (χ1v) is 7.89. The van der Waals surface area contributed by atoms with Crippen molar-refractivity contribution in [1.29, 1.82) is 0 Å². The Morgan fingerprint density at radius 3 is 2.70 bits per heavy atom. The summed E-state index contributed by atoms with van der Waals surface area (Å²) in [6.07, 6.45) is 3.97. The summed E-state index contributed by atoms with van der Waals surface area (Å²) in [7, 11) is 0. The highest BCUT2D eigenvalue weighted by atomic mass is 79.9. The molecule has 2 aromatic carbocycles. The van der Waals surface area contributed by atoms with Gasteiger partial charge in [-0.05, 0) is 54.2 Å². The Kier molecular flexibility index (Phi) is 3.95. The number of hydrogen-bond acceptors (Lipinski definition) is 1. The summed E-state index contributed by atoms with van der Waals surface area (Å²) in [6, 6.07) is 11.7. The monoisotopic (exact) mass is 348 g/mol. The molecule has 1 nitrogen and oxygen atoms in total. The smallest absolute Gasteiger partial charge is 0.167 e. The van der Waals surface area contributed by atoms with Crippen molar-refractivity contribution < 1.29 is 4.79 Å². The first-order valence-electron chi connectivity index (χ1n) is 6.72. The Labute approximate surface area is 132 Å². The van der Waals surface area contributed by atoms with Crippen molar-refractivity contribution in [1.82, 2.24) is 0 Å². The van der Waals surface area contributed by atoms with Gasteiger partial charge in [-0.3, -0.25) is 4.79 Å². The van der Waals surface area contributed by atoms with Crippen molar-refractivity contribution in [2.24, 2.45) is 0 Å². The molecule has 0 saturated heterocycles. The number of rotatable bonds is 3. The molecule has 1 aliphatic rings. The average molecular weight is 350 g/mol. The van der Waals surface area contributed by atoms with Crippen LogP contribution in [0.5, 0.6) is 0 Å². The molecule has 2 aromatic rings. The summed E-state index contributed by atoms with van der Waals surface area (Å²) < 4.78 is 0.835. The van der Waals surface area contributed by atoms with Crippen LogP contribution in [0, 0.1) is 0 Å². The van der Waals surface area contributed by atoms with E-state index in [1.807, 2.05) is 6.07 Å². The first-order chi connectivity index (χ1) is 9.61. The predicted octanol–water partition coefficient (Wildman–Crippen LogP) is 5.02. The largest absolute Gasteiger partial charge is 0.294 e. The molecule has 0 N–H and O–H groups in total. The molecule has 0 unspecified atom stereocenters. The quantitative estimate of drug-likeness (QED) is 0.711. The highest BCUT2D eigenvalue weighted by Crippen LogP contribution is 2.24. The molecule has 102 valence electrons. The van der Waals surface area contributed by atoms with Crippen LogP contribution in [-0.4, -0.2) is 5.78 Å². The number of Topliss-reactive ketones (excluding diaryl/α,β-unsaturated/α-hetero) is 1. The van der Waals surface area contributed by atoms with Crippen LogP contribution >= 0.6 is 27.5 Å². The van der Waals surface area contributed by atoms with Crippen LogP contribution in [0.4, 0.5) is 0 Å². The second kappa shape index (κ2) is 5.71. The number of halogens is 2. The molecule has 20 heavy (non-hydrogen) atoms. The molecule has 0 atom stereocenters. The number of hydrogen-bond donors (Lipinski definition) is 0. The zero-order valence-corrected chi connectivity index (χ0v) is 13.3. The highest BCUT2D eigenvalue weighted by molar-refractivity contribution is 9.10. The van der Waals surface area contributed by atoms with Gasteiger partial charge in [-0.25, -0.2) is 0 Å². The standard InChI is InChI=1S/C17H14BrClO/c18-15-8-14(9-16(19)10-15)17(20)7-11-4-5-12-2-1-3-13(12)6-11/h4-6,8-10H,1-3,7H2. The molecule has 0 heterocycles. The summed E-state index contributed by atoms with van der Waals surface area (Å²) >= 11 is 9.36. The third-order valence-corrected chi connectivity index (χ3v) is 4.39. The van der Waals surface area contributed by atoms with Crippen LogP contribution in [0.25, 0.3) is 0 Å². The highest BCUT2D eigenvalue weighted by Gasteiger charge is 2.13. The maximum Gasteiger partial charge on any atom is 0.167 e. The fraction of sp³-hybridized carbons (Fsp3) is 0.235.